The van der Waals surface area contributed by atoms with E-state index in [4.69, 9.17) is 9.47 Å². The molecule has 0 aliphatic heterocycles. The van der Waals surface area contributed by atoms with E-state index in [0.29, 0.717) is 17.2 Å². The average Bonchev–Trinajstić information content (AvgIpc) is 2.41. The summed E-state index contributed by atoms with van der Waals surface area (Å²) >= 11 is 0. The number of carbonyl (C=O) groups is 1. The van der Waals surface area contributed by atoms with Crippen molar-refractivity contribution in [1.82, 2.24) is 0 Å². The molecular formula is C15H13FO3. The monoisotopic (exact) mass is 260 g/mol. The molecular weight excluding hydrogens is 247 g/mol. The quantitative estimate of drug-likeness (QED) is 0.784. The van der Waals surface area contributed by atoms with Gasteiger partial charge in [0.05, 0.1) is 12.7 Å². The lowest BCUT2D eigenvalue weighted by Crippen LogP contribution is -1.98. The van der Waals surface area contributed by atoms with Crippen molar-refractivity contribution in [2.24, 2.45) is 0 Å². The van der Waals surface area contributed by atoms with Gasteiger partial charge in [0.25, 0.3) is 0 Å². The van der Waals surface area contributed by atoms with Gasteiger partial charge in [-0.05, 0) is 49.4 Å². The molecule has 0 amide bonds. The highest BCUT2D eigenvalue weighted by atomic mass is 19.1. The molecule has 19 heavy (non-hydrogen) atoms. The Hall–Kier alpha value is -2.36. The van der Waals surface area contributed by atoms with E-state index in [9.17, 15) is 9.18 Å². The number of halogens is 1. The minimum absolute atomic E-state index is 0.218. The zero-order valence-electron chi connectivity index (χ0n) is 10.6. The van der Waals surface area contributed by atoms with Crippen molar-refractivity contribution in [2.75, 3.05) is 7.11 Å². The van der Waals surface area contributed by atoms with Gasteiger partial charge < -0.3 is 9.47 Å². The van der Waals surface area contributed by atoms with E-state index in [-0.39, 0.29) is 11.3 Å². The summed E-state index contributed by atoms with van der Waals surface area (Å²) in [5.74, 6) is 0.877. The Morgan fingerprint density at radius 1 is 1.05 bits per heavy atom. The zero-order chi connectivity index (χ0) is 13.8. The van der Waals surface area contributed by atoms with Crippen LogP contribution in [0, 0.1) is 5.82 Å². The molecule has 0 aliphatic carbocycles. The SMILES string of the molecule is COc1ccc(Oc2ccc(F)cc2C(C)=O)cc1. The maximum absolute atomic E-state index is 13.1. The fourth-order valence-corrected chi connectivity index (χ4v) is 1.64. The summed E-state index contributed by atoms with van der Waals surface area (Å²) < 4.78 is 23.7. The van der Waals surface area contributed by atoms with Crippen LogP contribution in [0.25, 0.3) is 0 Å². The Bertz CT molecular complexity index is 591. The first kappa shape index (κ1) is 13.1. The topological polar surface area (TPSA) is 35.5 Å². The first-order valence-electron chi connectivity index (χ1n) is 5.72. The molecule has 0 saturated carbocycles. The van der Waals surface area contributed by atoms with Crippen LogP contribution in [-0.2, 0) is 0 Å². The minimum Gasteiger partial charge on any atom is -0.497 e. The lowest BCUT2D eigenvalue weighted by Gasteiger charge is -2.10. The number of benzene rings is 2. The third-order valence-corrected chi connectivity index (χ3v) is 2.61. The first-order chi connectivity index (χ1) is 9.10. The van der Waals surface area contributed by atoms with Crippen molar-refractivity contribution >= 4 is 5.78 Å². The van der Waals surface area contributed by atoms with Gasteiger partial charge in [-0.2, -0.15) is 0 Å². The maximum atomic E-state index is 13.1. The predicted octanol–water partition coefficient (Wildman–Crippen LogP) is 3.83. The second kappa shape index (κ2) is 5.52. The molecule has 3 nitrogen and oxygen atoms in total. The molecule has 2 aromatic rings. The van der Waals surface area contributed by atoms with Gasteiger partial charge in [0.1, 0.15) is 23.1 Å². The molecule has 2 aromatic carbocycles. The number of ketones is 1. The van der Waals surface area contributed by atoms with Crippen molar-refractivity contribution in [1.29, 1.82) is 0 Å². The average molecular weight is 260 g/mol. The summed E-state index contributed by atoms with van der Waals surface area (Å²) in [5, 5.41) is 0. The van der Waals surface area contributed by atoms with Gasteiger partial charge in [-0.1, -0.05) is 0 Å². The maximum Gasteiger partial charge on any atom is 0.163 e. The summed E-state index contributed by atoms with van der Waals surface area (Å²) in [6, 6.07) is 10.8. The molecule has 0 N–H and O–H groups in total. The lowest BCUT2D eigenvalue weighted by molar-refractivity contribution is 0.101. The summed E-state index contributed by atoms with van der Waals surface area (Å²) in [6.45, 7) is 1.37. The van der Waals surface area contributed by atoms with Crippen LogP contribution in [-0.4, -0.2) is 12.9 Å². The van der Waals surface area contributed by atoms with Gasteiger partial charge >= 0.3 is 0 Å². The van der Waals surface area contributed by atoms with Crippen LogP contribution in [0.4, 0.5) is 4.39 Å². The number of methoxy groups -OCH3 is 1. The molecule has 0 spiro atoms. The molecule has 98 valence electrons. The number of hydrogen-bond donors (Lipinski definition) is 0. The van der Waals surface area contributed by atoms with E-state index in [1.54, 1.807) is 31.4 Å². The van der Waals surface area contributed by atoms with Crippen LogP contribution in [0.2, 0.25) is 0 Å². The zero-order valence-corrected chi connectivity index (χ0v) is 10.6. The number of Topliss-reactive ketones (excluding diaryl/α,β-unsaturated/α-hetero) is 1. The fourth-order valence-electron chi connectivity index (χ4n) is 1.64. The van der Waals surface area contributed by atoms with Gasteiger partial charge in [-0.3, -0.25) is 4.79 Å². The number of rotatable bonds is 4. The van der Waals surface area contributed by atoms with E-state index in [1.165, 1.54) is 25.1 Å². The van der Waals surface area contributed by atoms with Crippen molar-refractivity contribution < 1.29 is 18.7 Å². The molecule has 0 fully saturated rings. The van der Waals surface area contributed by atoms with Crippen LogP contribution in [0.5, 0.6) is 17.2 Å². The lowest BCUT2D eigenvalue weighted by atomic mass is 10.1. The smallest absolute Gasteiger partial charge is 0.163 e. The van der Waals surface area contributed by atoms with Gasteiger partial charge in [-0.25, -0.2) is 4.39 Å². The number of ether oxygens (including phenoxy) is 2. The Kier molecular flexibility index (Phi) is 3.80. The Labute approximate surface area is 110 Å². The largest absolute Gasteiger partial charge is 0.497 e. The third-order valence-electron chi connectivity index (χ3n) is 2.61. The van der Waals surface area contributed by atoms with Crippen LogP contribution >= 0.6 is 0 Å². The highest BCUT2D eigenvalue weighted by molar-refractivity contribution is 5.96. The van der Waals surface area contributed by atoms with E-state index in [2.05, 4.69) is 0 Å². The molecule has 2 rings (SSSR count). The van der Waals surface area contributed by atoms with Crippen LogP contribution in [0.1, 0.15) is 17.3 Å². The molecule has 0 unspecified atom stereocenters. The Morgan fingerprint density at radius 2 is 1.68 bits per heavy atom. The molecule has 0 aromatic heterocycles. The van der Waals surface area contributed by atoms with Crippen molar-refractivity contribution in [3.8, 4) is 17.2 Å². The molecule has 0 saturated heterocycles. The summed E-state index contributed by atoms with van der Waals surface area (Å²) in [5.41, 5.74) is 0.218. The van der Waals surface area contributed by atoms with E-state index in [1.807, 2.05) is 0 Å². The van der Waals surface area contributed by atoms with E-state index < -0.39 is 5.82 Å². The second-order valence-electron chi connectivity index (χ2n) is 3.97. The highest BCUT2D eigenvalue weighted by Gasteiger charge is 2.10. The van der Waals surface area contributed by atoms with Crippen molar-refractivity contribution in [3.05, 3.63) is 53.8 Å². The van der Waals surface area contributed by atoms with E-state index >= 15 is 0 Å². The standard InChI is InChI=1S/C15H13FO3/c1-10(17)14-9-11(16)3-8-15(14)19-13-6-4-12(18-2)5-7-13/h3-9H,1-2H3. The Balaban J connectivity index is 2.29. The van der Waals surface area contributed by atoms with Gasteiger partial charge in [0.2, 0.25) is 0 Å². The normalized spacial score (nSPS) is 10.1. The molecule has 0 radical (unpaired) electrons. The van der Waals surface area contributed by atoms with Crippen LogP contribution in [0.15, 0.2) is 42.5 Å². The number of hydrogen-bond acceptors (Lipinski definition) is 3. The second-order valence-corrected chi connectivity index (χ2v) is 3.97. The van der Waals surface area contributed by atoms with Gasteiger partial charge in [0, 0.05) is 0 Å². The molecule has 0 bridgehead atoms. The summed E-state index contributed by atoms with van der Waals surface area (Å²) in [4.78, 5) is 11.4. The van der Waals surface area contributed by atoms with Gasteiger partial charge in [-0.15, -0.1) is 0 Å². The first-order valence-corrected chi connectivity index (χ1v) is 5.72. The molecule has 0 heterocycles. The molecule has 0 atom stereocenters. The van der Waals surface area contributed by atoms with Crippen molar-refractivity contribution in [3.63, 3.8) is 0 Å². The molecule has 0 aliphatic rings. The Morgan fingerprint density at radius 3 is 2.26 bits per heavy atom. The van der Waals surface area contributed by atoms with Crippen molar-refractivity contribution in [2.45, 2.75) is 6.92 Å². The molecule has 4 heteroatoms. The summed E-state index contributed by atoms with van der Waals surface area (Å²) in [6.07, 6.45) is 0. The number of carbonyl (C=O) groups excluding carboxylic acids is 1. The highest BCUT2D eigenvalue weighted by Crippen LogP contribution is 2.27. The minimum atomic E-state index is -0.465. The third kappa shape index (κ3) is 3.10. The summed E-state index contributed by atoms with van der Waals surface area (Å²) in [7, 11) is 1.57. The van der Waals surface area contributed by atoms with Crippen LogP contribution in [0.3, 0.4) is 0 Å². The fraction of sp³-hybridized carbons (Fsp3) is 0.133. The van der Waals surface area contributed by atoms with E-state index in [0.717, 1.165) is 0 Å². The predicted molar refractivity (Wildman–Crippen MR) is 69.5 cm³/mol. The van der Waals surface area contributed by atoms with Crippen LogP contribution < -0.4 is 9.47 Å². The van der Waals surface area contributed by atoms with Gasteiger partial charge in [0.15, 0.2) is 5.78 Å².